The number of aryl methyl sites for hydroxylation is 1. The Morgan fingerprint density at radius 2 is 2.07 bits per heavy atom. The first kappa shape index (κ1) is 21.8. The van der Waals surface area contributed by atoms with Gasteiger partial charge in [-0.15, -0.1) is 11.3 Å². The molecule has 29 heavy (non-hydrogen) atoms. The van der Waals surface area contributed by atoms with E-state index in [4.69, 9.17) is 9.47 Å². The molecule has 6 nitrogen and oxygen atoms in total. The molecular formula is C21H27NO5S2. The van der Waals surface area contributed by atoms with E-state index in [1.165, 1.54) is 15.6 Å². The molecule has 0 saturated carbocycles. The third kappa shape index (κ3) is 4.65. The lowest BCUT2D eigenvalue weighted by Crippen LogP contribution is -2.51. The van der Waals surface area contributed by atoms with Gasteiger partial charge >= 0.3 is 5.97 Å². The number of thiophene rings is 1. The standard InChI is InChI=1S/C21H27NO5S2/c1-4-27-20(23)21(14-17-7-5-8-18(13-17)26-3)11-6-12-22(15-21)29(24,25)19-10-9-16(2)28-19/h5,7-10,13H,4,6,11-12,14-15H2,1-3H3. The van der Waals surface area contributed by atoms with Crippen molar-refractivity contribution in [1.82, 2.24) is 4.31 Å². The Morgan fingerprint density at radius 1 is 1.28 bits per heavy atom. The predicted octanol–water partition coefficient (Wildman–Crippen LogP) is 3.64. The summed E-state index contributed by atoms with van der Waals surface area (Å²) < 4.78 is 38.8. The fraction of sp³-hybridized carbons (Fsp3) is 0.476. The minimum atomic E-state index is -3.65. The van der Waals surface area contributed by atoms with E-state index in [2.05, 4.69) is 0 Å². The van der Waals surface area contributed by atoms with Crippen LogP contribution in [0.25, 0.3) is 0 Å². The molecule has 0 radical (unpaired) electrons. The van der Waals surface area contributed by atoms with E-state index in [1.807, 2.05) is 31.2 Å². The maximum absolute atomic E-state index is 13.2. The number of esters is 1. The summed E-state index contributed by atoms with van der Waals surface area (Å²) in [6.45, 7) is 4.42. The highest BCUT2D eigenvalue weighted by molar-refractivity contribution is 7.91. The van der Waals surface area contributed by atoms with Crippen molar-refractivity contribution < 1.29 is 22.7 Å². The number of hydrogen-bond acceptors (Lipinski definition) is 6. The smallest absolute Gasteiger partial charge is 0.313 e. The van der Waals surface area contributed by atoms with Gasteiger partial charge in [-0.3, -0.25) is 4.79 Å². The number of hydrogen-bond donors (Lipinski definition) is 0. The molecule has 2 aromatic rings. The second kappa shape index (κ2) is 8.85. The molecule has 1 atom stereocenters. The lowest BCUT2D eigenvalue weighted by atomic mass is 9.75. The number of benzene rings is 1. The molecule has 0 bridgehead atoms. The number of piperidine rings is 1. The van der Waals surface area contributed by atoms with Crippen LogP contribution < -0.4 is 4.74 Å². The van der Waals surface area contributed by atoms with Gasteiger partial charge < -0.3 is 9.47 Å². The topological polar surface area (TPSA) is 72.9 Å². The zero-order chi connectivity index (χ0) is 21.1. The first-order valence-corrected chi connectivity index (χ1v) is 11.9. The Balaban J connectivity index is 1.94. The summed E-state index contributed by atoms with van der Waals surface area (Å²) in [5, 5.41) is 0. The molecule has 1 fully saturated rings. The molecule has 8 heteroatoms. The van der Waals surface area contributed by atoms with Gasteiger partial charge in [-0.1, -0.05) is 12.1 Å². The van der Waals surface area contributed by atoms with Gasteiger partial charge in [-0.05, 0) is 62.9 Å². The molecule has 0 spiro atoms. The number of sulfonamides is 1. The highest BCUT2D eigenvalue weighted by Gasteiger charge is 2.46. The fourth-order valence-corrected chi connectivity index (χ4v) is 6.82. The van der Waals surface area contributed by atoms with E-state index in [0.29, 0.717) is 35.8 Å². The second-order valence-corrected chi connectivity index (χ2v) is 10.8. The molecule has 1 saturated heterocycles. The van der Waals surface area contributed by atoms with Crippen molar-refractivity contribution in [3.8, 4) is 5.75 Å². The van der Waals surface area contributed by atoms with Crippen LogP contribution in [0, 0.1) is 12.3 Å². The molecule has 0 aliphatic carbocycles. The van der Waals surface area contributed by atoms with Gasteiger partial charge in [-0.25, -0.2) is 8.42 Å². The number of nitrogens with zero attached hydrogens (tertiary/aromatic N) is 1. The van der Waals surface area contributed by atoms with Crippen LogP contribution in [0.4, 0.5) is 0 Å². The highest BCUT2D eigenvalue weighted by Crippen LogP contribution is 2.38. The van der Waals surface area contributed by atoms with Gasteiger partial charge in [0.15, 0.2) is 0 Å². The van der Waals surface area contributed by atoms with Crippen LogP contribution in [0.15, 0.2) is 40.6 Å². The van der Waals surface area contributed by atoms with Crippen LogP contribution in [0.5, 0.6) is 5.75 Å². The molecule has 1 aromatic carbocycles. The summed E-state index contributed by atoms with van der Waals surface area (Å²) >= 11 is 1.25. The number of carbonyl (C=O) groups excluding carboxylic acids is 1. The minimum Gasteiger partial charge on any atom is -0.497 e. The Labute approximate surface area is 176 Å². The maximum atomic E-state index is 13.2. The molecule has 0 N–H and O–H groups in total. The lowest BCUT2D eigenvalue weighted by Gasteiger charge is -2.40. The number of methoxy groups -OCH3 is 1. The van der Waals surface area contributed by atoms with Gasteiger partial charge in [0.2, 0.25) is 0 Å². The summed E-state index contributed by atoms with van der Waals surface area (Å²) in [6, 6.07) is 11.0. The second-order valence-electron chi connectivity index (χ2n) is 7.34. The molecule has 1 unspecified atom stereocenters. The van der Waals surface area contributed by atoms with Gasteiger partial charge in [0.25, 0.3) is 10.0 Å². The molecule has 0 amide bonds. The van der Waals surface area contributed by atoms with Crippen molar-refractivity contribution in [2.24, 2.45) is 5.41 Å². The summed E-state index contributed by atoms with van der Waals surface area (Å²) in [4.78, 5) is 14.0. The molecule has 3 rings (SSSR count). The van der Waals surface area contributed by atoms with E-state index < -0.39 is 15.4 Å². The van der Waals surface area contributed by atoms with Crippen molar-refractivity contribution >= 4 is 27.3 Å². The summed E-state index contributed by atoms with van der Waals surface area (Å²) in [5.41, 5.74) is 0.00335. The van der Waals surface area contributed by atoms with E-state index in [1.54, 1.807) is 26.2 Å². The molecule has 1 aliphatic rings. The van der Waals surface area contributed by atoms with Crippen LogP contribution >= 0.6 is 11.3 Å². The van der Waals surface area contributed by atoms with E-state index in [0.717, 1.165) is 10.4 Å². The fourth-order valence-electron chi connectivity index (χ4n) is 3.81. The zero-order valence-electron chi connectivity index (χ0n) is 17.0. The van der Waals surface area contributed by atoms with Crippen LogP contribution in [0.3, 0.4) is 0 Å². The van der Waals surface area contributed by atoms with Crippen molar-refractivity contribution in [2.45, 2.75) is 37.3 Å². The van der Waals surface area contributed by atoms with Crippen LogP contribution in [0.1, 0.15) is 30.2 Å². The first-order chi connectivity index (χ1) is 13.8. The van der Waals surface area contributed by atoms with Crippen molar-refractivity contribution in [1.29, 1.82) is 0 Å². The summed E-state index contributed by atoms with van der Waals surface area (Å²) in [6.07, 6.45) is 1.59. The largest absolute Gasteiger partial charge is 0.497 e. The molecule has 158 valence electrons. The third-order valence-electron chi connectivity index (χ3n) is 5.24. The van der Waals surface area contributed by atoms with E-state index in [9.17, 15) is 13.2 Å². The Hall–Kier alpha value is -1.90. The van der Waals surface area contributed by atoms with Crippen LogP contribution in [0.2, 0.25) is 0 Å². The third-order valence-corrected chi connectivity index (χ3v) is 8.55. The first-order valence-electron chi connectivity index (χ1n) is 9.67. The normalized spacial score (nSPS) is 20.4. The summed E-state index contributed by atoms with van der Waals surface area (Å²) in [5.74, 6) is 0.362. The maximum Gasteiger partial charge on any atom is 0.313 e. The predicted molar refractivity (Wildman–Crippen MR) is 113 cm³/mol. The van der Waals surface area contributed by atoms with Crippen molar-refractivity contribution in [3.63, 3.8) is 0 Å². The van der Waals surface area contributed by atoms with Gasteiger partial charge in [0.1, 0.15) is 9.96 Å². The number of rotatable bonds is 7. The molecule has 1 aliphatic heterocycles. The van der Waals surface area contributed by atoms with Gasteiger partial charge in [0.05, 0.1) is 19.1 Å². The van der Waals surface area contributed by atoms with E-state index >= 15 is 0 Å². The van der Waals surface area contributed by atoms with Crippen LogP contribution in [-0.4, -0.2) is 45.5 Å². The van der Waals surface area contributed by atoms with Gasteiger partial charge in [0, 0.05) is 18.0 Å². The Morgan fingerprint density at radius 3 is 2.72 bits per heavy atom. The van der Waals surface area contributed by atoms with Gasteiger partial charge in [-0.2, -0.15) is 4.31 Å². The Kier molecular flexibility index (Phi) is 6.65. The summed E-state index contributed by atoms with van der Waals surface area (Å²) in [7, 11) is -2.05. The van der Waals surface area contributed by atoms with E-state index in [-0.39, 0.29) is 19.1 Å². The van der Waals surface area contributed by atoms with Crippen LogP contribution in [-0.2, 0) is 26.0 Å². The Bertz CT molecular complexity index is 969. The highest BCUT2D eigenvalue weighted by atomic mass is 32.2. The lowest BCUT2D eigenvalue weighted by molar-refractivity contribution is -0.157. The quantitative estimate of drug-likeness (QED) is 0.619. The average molecular weight is 438 g/mol. The molecular weight excluding hydrogens is 410 g/mol. The van der Waals surface area contributed by atoms with Crippen molar-refractivity contribution in [2.75, 3.05) is 26.8 Å². The SMILES string of the molecule is CCOC(=O)C1(Cc2cccc(OC)c2)CCCN(S(=O)(=O)c2ccc(C)s2)C1. The minimum absolute atomic E-state index is 0.113. The zero-order valence-corrected chi connectivity index (χ0v) is 18.6. The average Bonchev–Trinajstić information content (AvgIpc) is 3.15. The molecule has 2 heterocycles. The molecule has 1 aromatic heterocycles. The van der Waals surface area contributed by atoms with Crippen molar-refractivity contribution in [3.05, 3.63) is 46.8 Å². The monoisotopic (exact) mass is 437 g/mol. The number of ether oxygens (including phenoxy) is 2. The number of carbonyl (C=O) groups is 1.